The SMILES string of the molecule is CCN(CC)CCOc1ccc(C=C2Cc3ccccc3C2=O)cc1. The molecule has 1 aliphatic carbocycles. The highest BCUT2D eigenvalue weighted by molar-refractivity contribution is 6.15. The van der Waals surface area contributed by atoms with Gasteiger partial charge in [0.05, 0.1) is 0 Å². The summed E-state index contributed by atoms with van der Waals surface area (Å²) in [5, 5.41) is 0. The van der Waals surface area contributed by atoms with Crippen molar-refractivity contribution in [3.8, 4) is 5.75 Å². The number of hydrogen-bond acceptors (Lipinski definition) is 3. The van der Waals surface area contributed by atoms with Crippen LogP contribution in [0.4, 0.5) is 0 Å². The predicted octanol–water partition coefficient (Wildman–Crippen LogP) is 4.23. The molecule has 25 heavy (non-hydrogen) atoms. The smallest absolute Gasteiger partial charge is 0.189 e. The highest BCUT2D eigenvalue weighted by Gasteiger charge is 2.23. The second kappa shape index (κ2) is 8.13. The van der Waals surface area contributed by atoms with Crippen molar-refractivity contribution in [2.45, 2.75) is 20.3 Å². The van der Waals surface area contributed by atoms with Gasteiger partial charge in [0.2, 0.25) is 0 Å². The lowest BCUT2D eigenvalue weighted by Crippen LogP contribution is -2.27. The first-order valence-electron chi connectivity index (χ1n) is 8.99. The molecule has 3 rings (SSSR count). The highest BCUT2D eigenvalue weighted by Crippen LogP contribution is 2.27. The van der Waals surface area contributed by atoms with Crippen LogP contribution >= 0.6 is 0 Å². The zero-order valence-corrected chi connectivity index (χ0v) is 15.0. The molecule has 0 saturated heterocycles. The summed E-state index contributed by atoms with van der Waals surface area (Å²) in [7, 11) is 0. The van der Waals surface area contributed by atoms with E-state index in [4.69, 9.17) is 4.74 Å². The lowest BCUT2D eigenvalue weighted by Gasteiger charge is -2.18. The van der Waals surface area contributed by atoms with Crippen molar-refractivity contribution in [1.29, 1.82) is 0 Å². The largest absolute Gasteiger partial charge is 0.492 e. The minimum absolute atomic E-state index is 0.148. The second-order valence-electron chi connectivity index (χ2n) is 6.28. The molecule has 2 aromatic carbocycles. The molecular formula is C22H25NO2. The molecule has 0 aromatic heterocycles. The van der Waals surface area contributed by atoms with Crippen molar-refractivity contribution in [2.24, 2.45) is 0 Å². The number of ketones is 1. The lowest BCUT2D eigenvalue weighted by molar-refractivity contribution is 0.104. The van der Waals surface area contributed by atoms with Crippen molar-refractivity contribution in [3.63, 3.8) is 0 Å². The summed E-state index contributed by atoms with van der Waals surface area (Å²) in [6, 6.07) is 15.8. The van der Waals surface area contributed by atoms with Gasteiger partial charge in [0, 0.05) is 24.1 Å². The second-order valence-corrected chi connectivity index (χ2v) is 6.28. The molecule has 0 aliphatic heterocycles. The number of nitrogens with zero attached hydrogens (tertiary/aromatic N) is 1. The zero-order chi connectivity index (χ0) is 17.6. The summed E-state index contributed by atoms with van der Waals surface area (Å²) < 4.78 is 5.81. The summed E-state index contributed by atoms with van der Waals surface area (Å²) in [6.07, 6.45) is 2.71. The molecule has 0 atom stereocenters. The van der Waals surface area contributed by atoms with Crippen LogP contribution in [0.15, 0.2) is 54.1 Å². The first-order chi connectivity index (χ1) is 12.2. The molecule has 0 fully saturated rings. The van der Waals surface area contributed by atoms with Crippen LogP contribution < -0.4 is 4.74 Å². The van der Waals surface area contributed by atoms with Gasteiger partial charge in [-0.1, -0.05) is 50.2 Å². The molecule has 0 saturated carbocycles. The van der Waals surface area contributed by atoms with E-state index in [0.29, 0.717) is 6.61 Å². The molecular weight excluding hydrogens is 310 g/mol. The van der Waals surface area contributed by atoms with Gasteiger partial charge in [-0.2, -0.15) is 0 Å². The van der Waals surface area contributed by atoms with Crippen LogP contribution in [0.5, 0.6) is 5.75 Å². The topological polar surface area (TPSA) is 29.5 Å². The molecule has 3 heteroatoms. The molecule has 2 aromatic rings. The van der Waals surface area contributed by atoms with Crippen molar-refractivity contribution >= 4 is 11.9 Å². The van der Waals surface area contributed by atoms with Crippen molar-refractivity contribution in [1.82, 2.24) is 4.90 Å². The summed E-state index contributed by atoms with van der Waals surface area (Å²) in [4.78, 5) is 14.8. The number of fused-ring (bicyclic) bond motifs is 1. The number of likely N-dealkylation sites (N-methyl/N-ethyl adjacent to an activating group) is 1. The number of ether oxygens (including phenoxy) is 1. The van der Waals surface area contributed by atoms with Gasteiger partial charge in [0.15, 0.2) is 5.78 Å². The maximum atomic E-state index is 12.4. The van der Waals surface area contributed by atoms with Gasteiger partial charge >= 0.3 is 0 Å². The Balaban J connectivity index is 1.61. The van der Waals surface area contributed by atoms with E-state index >= 15 is 0 Å². The Morgan fingerprint density at radius 3 is 2.44 bits per heavy atom. The molecule has 0 amide bonds. The number of rotatable bonds is 7. The third-order valence-electron chi connectivity index (χ3n) is 4.73. The van der Waals surface area contributed by atoms with E-state index in [2.05, 4.69) is 18.7 Å². The Hall–Kier alpha value is -2.39. The van der Waals surface area contributed by atoms with Gasteiger partial charge in [-0.05, 0) is 42.4 Å². The highest BCUT2D eigenvalue weighted by atomic mass is 16.5. The van der Waals surface area contributed by atoms with E-state index < -0.39 is 0 Å². The molecule has 1 aliphatic rings. The van der Waals surface area contributed by atoms with E-state index in [1.54, 1.807) is 0 Å². The van der Waals surface area contributed by atoms with E-state index in [-0.39, 0.29) is 5.78 Å². The normalized spacial score (nSPS) is 15.0. The summed E-state index contributed by atoms with van der Waals surface area (Å²) in [5.74, 6) is 1.02. The van der Waals surface area contributed by atoms with Gasteiger partial charge in [0.25, 0.3) is 0 Å². The van der Waals surface area contributed by atoms with Crippen LogP contribution in [0.25, 0.3) is 6.08 Å². The predicted molar refractivity (Wildman–Crippen MR) is 102 cm³/mol. The van der Waals surface area contributed by atoms with Gasteiger partial charge < -0.3 is 9.64 Å². The number of hydrogen-bond donors (Lipinski definition) is 0. The molecule has 3 nitrogen and oxygen atoms in total. The lowest BCUT2D eigenvalue weighted by atomic mass is 10.1. The minimum Gasteiger partial charge on any atom is -0.492 e. The first-order valence-corrected chi connectivity index (χ1v) is 8.99. The van der Waals surface area contributed by atoms with E-state index in [9.17, 15) is 4.79 Å². The number of allylic oxidation sites excluding steroid dienone is 1. The Labute approximate surface area is 149 Å². The van der Waals surface area contributed by atoms with E-state index in [0.717, 1.165) is 54.1 Å². The third-order valence-corrected chi connectivity index (χ3v) is 4.73. The quantitative estimate of drug-likeness (QED) is 0.709. The Bertz CT molecular complexity index is 758. The molecule has 0 heterocycles. The van der Waals surface area contributed by atoms with Gasteiger partial charge in [0.1, 0.15) is 12.4 Å². The zero-order valence-electron chi connectivity index (χ0n) is 15.0. The fourth-order valence-corrected chi connectivity index (χ4v) is 3.16. The Morgan fingerprint density at radius 2 is 1.76 bits per heavy atom. The van der Waals surface area contributed by atoms with Crippen molar-refractivity contribution < 1.29 is 9.53 Å². The van der Waals surface area contributed by atoms with Crippen molar-refractivity contribution in [2.75, 3.05) is 26.2 Å². The summed E-state index contributed by atoms with van der Waals surface area (Å²) >= 11 is 0. The van der Waals surface area contributed by atoms with E-state index in [1.807, 2.05) is 54.6 Å². The van der Waals surface area contributed by atoms with Crippen LogP contribution in [-0.4, -0.2) is 36.9 Å². The average Bonchev–Trinajstić information content (AvgIpc) is 2.96. The fourth-order valence-electron chi connectivity index (χ4n) is 3.16. The monoisotopic (exact) mass is 335 g/mol. The summed E-state index contributed by atoms with van der Waals surface area (Å²) in [5.41, 5.74) is 3.85. The molecule has 130 valence electrons. The van der Waals surface area contributed by atoms with Crippen molar-refractivity contribution in [3.05, 3.63) is 70.8 Å². The number of carbonyl (C=O) groups is 1. The van der Waals surface area contributed by atoms with Crippen LogP contribution in [0, 0.1) is 0 Å². The molecule has 0 radical (unpaired) electrons. The Kier molecular flexibility index (Phi) is 5.67. The van der Waals surface area contributed by atoms with Gasteiger partial charge in [-0.15, -0.1) is 0 Å². The third kappa shape index (κ3) is 4.18. The average molecular weight is 335 g/mol. The number of benzene rings is 2. The van der Waals surface area contributed by atoms with E-state index in [1.165, 1.54) is 0 Å². The van der Waals surface area contributed by atoms with Crippen LogP contribution in [0.3, 0.4) is 0 Å². The molecule has 0 unspecified atom stereocenters. The summed E-state index contributed by atoms with van der Waals surface area (Å²) in [6.45, 7) is 8.04. The maximum absolute atomic E-state index is 12.4. The number of carbonyl (C=O) groups excluding carboxylic acids is 1. The van der Waals surface area contributed by atoms with Crippen LogP contribution in [-0.2, 0) is 6.42 Å². The van der Waals surface area contributed by atoms with Gasteiger partial charge in [-0.3, -0.25) is 4.79 Å². The van der Waals surface area contributed by atoms with Crippen LogP contribution in [0.1, 0.15) is 35.3 Å². The minimum atomic E-state index is 0.148. The standard InChI is InChI=1S/C22H25NO2/c1-3-23(4-2)13-14-25-20-11-9-17(10-12-20)15-19-16-18-7-5-6-8-21(18)22(19)24/h5-12,15H,3-4,13-14,16H2,1-2H3. The Morgan fingerprint density at radius 1 is 1.04 bits per heavy atom. The molecule has 0 bridgehead atoms. The fraction of sp³-hybridized carbons (Fsp3) is 0.318. The molecule has 0 N–H and O–H groups in total. The first kappa shape index (κ1) is 17.4. The van der Waals surface area contributed by atoms with Gasteiger partial charge in [-0.25, -0.2) is 0 Å². The molecule has 0 spiro atoms. The number of Topliss-reactive ketones (excluding diaryl/α,β-unsaturated/α-hetero) is 1. The maximum Gasteiger partial charge on any atom is 0.189 e. The van der Waals surface area contributed by atoms with Crippen LogP contribution in [0.2, 0.25) is 0 Å².